The molecule has 0 aliphatic rings. The largest absolute Gasteiger partial charge is 0.408 e. The van der Waals surface area contributed by atoms with Crippen LogP contribution in [0.1, 0.15) is 0 Å². The Morgan fingerprint density at radius 3 is 1.80 bits per heavy atom. The molecule has 1 N–H and O–H groups in total. The van der Waals surface area contributed by atoms with E-state index in [0.29, 0.717) is 6.85 Å². The normalized spacial score (nSPS) is 7.60. The van der Waals surface area contributed by atoms with Crippen LogP contribution in [0.3, 0.4) is 0 Å². The second-order valence-corrected chi connectivity index (χ2v) is 1.32. The summed E-state index contributed by atoms with van der Waals surface area (Å²) in [4.78, 5) is 0. The van der Waals surface area contributed by atoms with Crippen molar-refractivity contribution < 1.29 is 0 Å². The zero-order chi connectivity index (χ0) is 4.28. The van der Waals surface area contributed by atoms with Crippen LogP contribution in [0.5, 0.6) is 0 Å². The van der Waals surface area contributed by atoms with Crippen molar-refractivity contribution in [3.63, 3.8) is 0 Å². The van der Waals surface area contributed by atoms with E-state index in [4.69, 9.17) is 7.98 Å². The Morgan fingerprint density at radius 2 is 1.80 bits per heavy atom. The number of nitrogens with one attached hydrogen (secondary N) is 1. The van der Waals surface area contributed by atoms with E-state index in [1.807, 2.05) is 13.6 Å². The maximum atomic E-state index is 4.92. The topological polar surface area (TPSA) is 12.0 Å². The third kappa shape index (κ3) is 4.09. The van der Waals surface area contributed by atoms with Gasteiger partial charge in [0.1, 0.15) is 0 Å². The summed E-state index contributed by atoms with van der Waals surface area (Å²) in [5.74, 6) is 0. The minimum atomic E-state index is 0.412. The van der Waals surface area contributed by atoms with Crippen molar-refractivity contribution in [2.45, 2.75) is 13.6 Å². The summed E-state index contributed by atoms with van der Waals surface area (Å²) in [6.45, 7) is 4.38. The van der Waals surface area contributed by atoms with Crippen LogP contribution in [0.2, 0.25) is 13.6 Å². The first-order valence-electron chi connectivity index (χ1n) is 1.73. The van der Waals surface area contributed by atoms with Crippen LogP contribution >= 0.6 is 0 Å². The summed E-state index contributed by atoms with van der Waals surface area (Å²) >= 11 is 0. The monoisotopic (exact) mass is 67.1 g/mol. The van der Waals surface area contributed by atoms with E-state index in [2.05, 4.69) is 5.14 Å². The van der Waals surface area contributed by atoms with Gasteiger partial charge in [-0.3, -0.25) is 0 Å². The Balaban J connectivity index is 2.54. The average molecular weight is 66.7 g/mol. The molecule has 0 aromatic rings. The first-order valence-corrected chi connectivity index (χ1v) is 1.73. The highest BCUT2D eigenvalue weighted by molar-refractivity contribution is 6.58. The minimum absolute atomic E-state index is 0.412. The summed E-state index contributed by atoms with van der Waals surface area (Å²) in [6, 6.07) is 0. The molecule has 1 nitrogen and oxygen atoms in total. The Hall–Kier alpha value is 0.0899. The van der Waals surface area contributed by atoms with Crippen LogP contribution in [0, 0.1) is 0 Å². The van der Waals surface area contributed by atoms with Gasteiger partial charge in [-0.2, -0.15) is 0 Å². The SMILES string of the molecule is [B]NB(C)C. The molecular formula is C2H7B2N. The second kappa shape index (κ2) is 2.33. The predicted molar refractivity (Wildman–Crippen MR) is 26.4 cm³/mol. The standard InChI is InChI=1S/C2H7B2N/c1-4(2)5-3/h5H,1-2H3. The quantitative estimate of drug-likeness (QED) is 0.422. The predicted octanol–water partition coefficient (Wildman–Crippen LogP) is -0.0894. The second-order valence-electron chi connectivity index (χ2n) is 1.32. The van der Waals surface area contributed by atoms with Gasteiger partial charge >= 0.3 is 0 Å². The maximum Gasteiger partial charge on any atom is 0.201 e. The lowest BCUT2D eigenvalue weighted by atomic mass is 9.67. The van der Waals surface area contributed by atoms with Gasteiger partial charge in [0.2, 0.25) is 6.85 Å². The minimum Gasteiger partial charge on any atom is -0.408 e. The van der Waals surface area contributed by atoms with E-state index in [1.165, 1.54) is 0 Å². The van der Waals surface area contributed by atoms with Gasteiger partial charge in [-0.25, -0.2) is 0 Å². The van der Waals surface area contributed by atoms with Crippen molar-refractivity contribution in [2.24, 2.45) is 0 Å². The molecule has 2 radical (unpaired) electrons. The smallest absolute Gasteiger partial charge is 0.201 e. The molecule has 0 bridgehead atoms. The first kappa shape index (κ1) is 5.09. The molecule has 3 heteroatoms. The van der Waals surface area contributed by atoms with Gasteiger partial charge in [0.15, 0.2) is 7.98 Å². The van der Waals surface area contributed by atoms with Crippen molar-refractivity contribution in [3.8, 4) is 0 Å². The number of hydrogen-bond acceptors (Lipinski definition) is 1. The molecule has 0 unspecified atom stereocenters. The molecule has 0 amide bonds. The van der Waals surface area contributed by atoms with Gasteiger partial charge in [-0.05, 0) is 0 Å². The van der Waals surface area contributed by atoms with Crippen molar-refractivity contribution >= 4 is 14.8 Å². The Labute approximate surface area is 34.7 Å². The average Bonchev–Trinajstić information content (AvgIpc) is 1.38. The lowest BCUT2D eigenvalue weighted by Gasteiger charge is -1.89. The molecule has 0 spiro atoms. The summed E-state index contributed by atoms with van der Waals surface area (Å²) < 4.78 is 0. The fourth-order valence-electron chi connectivity index (χ4n) is 0. The van der Waals surface area contributed by atoms with Crippen molar-refractivity contribution in [2.75, 3.05) is 0 Å². The van der Waals surface area contributed by atoms with Crippen LogP contribution in [0.4, 0.5) is 0 Å². The molecule has 26 valence electrons. The van der Waals surface area contributed by atoms with Crippen LogP contribution in [-0.4, -0.2) is 14.8 Å². The molecule has 0 aliphatic carbocycles. The zero-order valence-electron chi connectivity index (χ0n) is 3.65. The van der Waals surface area contributed by atoms with Gasteiger partial charge < -0.3 is 5.14 Å². The van der Waals surface area contributed by atoms with E-state index in [1.54, 1.807) is 0 Å². The summed E-state index contributed by atoms with van der Waals surface area (Å²) in [6.07, 6.45) is 0. The fourth-order valence-corrected chi connectivity index (χ4v) is 0. The van der Waals surface area contributed by atoms with Crippen LogP contribution in [0.15, 0.2) is 0 Å². The van der Waals surface area contributed by atoms with Crippen molar-refractivity contribution in [1.82, 2.24) is 5.14 Å². The molecule has 5 heavy (non-hydrogen) atoms. The summed E-state index contributed by atoms with van der Waals surface area (Å²) in [7, 11) is 4.92. The molecule has 0 saturated carbocycles. The lowest BCUT2D eigenvalue weighted by Crippen LogP contribution is -2.23. The molecule has 0 aromatic heterocycles. The molecule has 0 atom stereocenters. The highest BCUT2D eigenvalue weighted by atomic mass is 14.6. The van der Waals surface area contributed by atoms with E-state index < -0.39 is 0 Å². The van der Waals surface area contributed by atoms with Gasteiger partial charge in [-0.1, -0.05) is 13.6 Å². The van der Waals surface area contributed by atoms with Crippen molar-refractivity contribution in [3.05, 3.63) is 0 Å². The maximum absolute atomic E-state index is 4.92. The van der Waals surface area contributed by atoms with E-state index in [0.717, 1.165) is 0 Å². The highest BCUT2D eigenvalue weighted by Gasteiger charge is 1.85. The van der Waals surface area contributed by atoms with Gasteiger partial charge in [0.05, 0.1) is 0 Å². The summed E-state index contributed by atoms with van der Waals surface area (Å²) in [5, 5.41) is 2.53. The Kier molecular flexibility index (Phi) is 2.38. The lowest BCUT2D eigenvalue weighted by molar-refractivity contribution is 1.54. The highest BCUT2D eigenvalue weighted by Crippen LogP contribution is 1.61. The zero-order valence-corrected chi connectivity index (χ0v) is 3.65. The molecule has 0 fully saturated rings. The molecule has 0 aliphatic heterocycles. The molecule has 0 saturated heterocycles. The van der Waals surface area contributed by atoms with Crippen LogP contribution in [0.25, 0.3) is 0 Å². The molecule has 0 rings (SSSR count). The number of hydrogen-bond donors (Lipinski definition) is 1. The van der Waals surface area contributed by atoms with Gasteiger partial charge in [0.25, 0.3) is 0 Å². The fraction of sp³-hybridized carbons (Fsp3) is 1.00. The molecule has 0 heterocycles. The van der Waals surface area contributed by atoms with Crippen LogP contribution < -0.4 is 5.14 Å². The number of rotatable bonds is 1. The van der Waals surface area contributed by atoms with Gasteiger partial charge in [-0.15, -0.1) is 0 Å². The Bertz CT molecular complexity index is 21.6. The van der Waals surface area contributed by atoms with Crippen molar-refractivity contribution in [1.29, 1.82) is 0 Å². The van der Waals surface area contributed by atoms with E-state index in [9.17, 15) is 0 Å². The van der Waals surface area contributed by atoms with Crippen LogP contribution in [-0.2, 0) is 0 Å². The third-order valence-corrected chi connectivity index (χ3v) is 0.333. The third-order valence-electron chi connectivity index (χ3n) is 0.333. The van der Waals surface area contributed by atoms with E-state index >= 15 is 0 Å². The Morgan fingerprint density at radius 1 is 1.60 bits per heavy atom. The molecule has 0 aromatic carbocycles. The molecular weight excluding hydrogens is 59.7 g/mol. The van der Waals surface area contributed by atoms with Gasteiger partial charge in [0, 0.05) is 0 Å². The first-order chi connectivity index (χ1) is 2.27. The van der Waals surface area contributed by atoms with E-state index in [-0.39, 0.29) is 0 Å². The summed E-state index contributed by atoms with van der Waals surface area (Å²) in [5.41, 5.74) is 0.